The van der Waals surface area contributed by atoms with Crippen LogP contribution in [-0.4, -0.2) is 7.05 Å². The van der Waals surface area contributed by atoms with Crippen molar-refractivity contribution in [3.63, 3.8) is 0 Å². The van der Waals surface area contributed by atoms with Crippen LogP contribution >= 0.6 is 0 Å². The zero-order chi connectivity index (χ0) is 23.6. The molecule has 0 unspecified atom stereocenters. The molecule has 0 amide bonds. The molecule has 0 aromatic heterocycles. The monoisotopic (exact) mass is 460 g/mol. The Balaban J connectivity index is 1.53. The molecule has 0 radical (unpaired) electrons. The van der Waals surface area contributed by atoms with E-state index in [9.17, 15) is 0 Å². The summed E-state index contributed by atoms with van der Waals surface area (Å²) >= 11 is 0. The number of nitrogens with zero attached hydrogens (tertiary/aromatic N) is 2. The Bertz CT molecular complexity index is 1650. The lowest BCUT2D eigenvalue weighted by molar-refractivity contribution is 0.706. The Kier molecular flexibility index (Phi) is 3.30. The van der Waals surface area contributed by atoms with E-state index in [-0.39, 0.29) is 5.41 Å². The van der Waals surface area contributed by atoms with Crippen LogP contribution in [0.3, 0.4) is 0 Å². The van der Waals surface area contributed by atoms with Crippen molar-refractivity contribution >= 4 is 28.4 Å². The Morgan fingerprint density at radius 1 is 0.472 bits per heavy atom. The van der Waals surface area contributed by atoms with Crippen LogP contribution in [0.1, 0.15) is 44.5 Å². The molecule has 0 bridgehead atoms. The lowest BCUT2D eigenvalue weighted by Crippen LogP contribution is -2.44. The first kappa shape index (κ1) is 19.0. The minimum atomic E-state index is -0.364. The fourth-order valence-corrected chi connectivity index (χ4v) is 7.73. The van der Waals surface area contributed by atoms with Gasteiger partial charge in [0.05, 0.1) is 22.5 Å². The second kappa shape index (κ2) is 6.27. The van der Waals surface area contributed by atoms with E-state index in [0.29, 0.717) is 0 Å². The Morgan fingerprint density at radius 3 is 1.42 bits per heavy atom. The first-order chi connectivity index (χ1) is 17.8. The third-order valence-electron chi connectivity index (χ3n) is 9.02. The fraction of sp³-hybridized carbons (Fsp3) is 0.118. The Morgan fingerprint density at radius 2 is 0.889 bits per heavy atom. The minimum Gasteiger partial charge on any atom is -0.344 e. The predicted octanol–water partition coefficient (Wildman–Crippen LogP) is 7.74. The molecule has 2 nitrogen and oxygen atoms in total. The normalized spacial score (nSPS) is 16.4. The van der Waals surface area contributed by atoms with E-state index in [2.05, 4.69) is 120 Å². The summed E-state index contributed by atoms with van der Waals surface area (Å²) in [5, 5.41) is 0. The van der Waals surface area contributed by atoms with Gasteiger partial charge < -0.3 is 9.80 Å². The second-order valence-corrected chi connectivity index (χ2v) is 10.6. The molecule has 4 aliphatic rings. The van der Waals surface area contributed by atoms with Crippen molar-refractivity contribution in [1.29, 1.82) is 0 Å². The minimum absolute atomic E-state index is 0.364. The van der Waals surface area contributed by atoms with Crippen molar-refractivity contribution in [2.75, 3.05) is 16.8 Å². The highest BCUT2D eigenvalue weighted by molar-refractivity contribution is 5.99. The van der Waals surface area contributed by atoms with Crippen LogP contribution in [0.5, 0.6) is 0 Å². The van der Waals surface area contributed by atoms with Gasteiger partial charge in [0, 0.05) is 31.3 Å². The van der Waals surface area contributed by atoms with E-state index in [1.54, 1.807) is 0 Å². The maximum Gasteiger partial charge on any atom is 0.0782 e. The molecule has 1 spiro atoms. The molecule has 0 atom stereocenters. The average Bonchev–Trinajstić information content (AvgIpc) is 2.93. The highest BCUT2D eigenvalue weighted by Crippen LogP contribution is 2.66. The van der Waals surface area contributed by atoms with Crippen LogP contribution in [0.4, 0.5) is 28.4 Å². The third-order valence-corrected chi connectivity index (χ3v) is 9.02. The highest BCUT2D eigenvalue weighted by atomic mass is 15.2. The molecule has 0 fully saturated rings. The van der Waals surface area contributed by atoms with Crippen molar-refractivity contribution in [3.05, 3.63) is 148 Å². The van der Waals surface area contributed by atoms with Crippen LogP contribution in [0, 0.1) is 0 Å². The largest absolute Gasteiger partial charge is 0.344 e. The number of anilines is 5. The lowest BCUT2D eigenvalue weighted by Gasteiger charge is -2.54. The molecule has 36 heavy (non-hydrogen) atoms. The molecule has 0 aliphatic carbocycles. The zero-order valence-corrected chi connectivity index (χ0v) is 20.1. The number of benzene rings is 5. The second-order valence-electron chi connectivity index (χ2n) is 10.6. The van der Waals surface area contributed by atoms with Gasteiger partial charge in [0.25, 0.3) is 0 Å². The van der Waals surface area contributed by atoms with Gasteiger partial charge in [-0.15, -0.1) is 0 Å². The van der Waals surface area contributed by atoms with Gasteiger partial charge in [0.1, 0.15) is 0 Å². The molecule has 9 rings (SSSR count). The fourth-order valence-electron chi connectivity index (χ4n) is 7.73. The molecule has 4 heterocycles. The van der Waals surface area contributed by atoms with Gasteiger partial charge in [-0.05, 0) is 56.6 Å². The summed E-state index contributed by atoms with van der Waals surface area (Å²) in [5.41, 5.74) is 17.7. The van der Waals surface area contributed by atoms with Crippen molar-refractivity contribution in [2.45, 2.75) is 18.3 Å². The number of hydrogen-bond acceptors (Lipinski definition) is 2. The highest BCUT2D eigenvalue weighted by Gasteiger charge is 2.53. The summed E-state index contributed by atoms with van der Waals surface area (Å²) in [6.07, 6.45) is 1.97. The standard InChI is InChI=1S/C34H24N2/c1-35-29-17-4-2-13-25(29)34(26-14-3-5-18-30(26)35)27-15-7-11-23-19-21-9-6-10-22-20-24-12-8-16-28(34)33(24)36(31(21)22)32(23)27/h2-18H,19-20H2,1H3. The number of para-hydroxylation sites is 5. The smallest absolute Gasteiger partial charge is 0.0782 e. The molecule has 2 heteroatoms. The summed E-state index contributed by atoms with van der Waals surface area (Å²) in [6, 6.07) is 39.0. The molecule has 0 saturated heterocycles. The predicted molar refractivity (Wildman–Crippen MR) is 147 cm³/mol. The number of rotatable bonds is 0. The average molecular weight is 461 g/mol. The van der Waals surface area contributed by atoms with Crippen LogP contribution in [0.25, 0.3) is 0 Å². The van der Waals surface area contributed by atoms with E-state index in [4.69, 9.17) is 0 Å². The van der Waals surface area contributed by atoms with Crippen LogP contribution < -0.4 is 9.80 Å². The quantitative estimate of drug-likeness (QED) is 0.228. The van der Waals surface area contributed by atoms with Gasteiger partial charge in [0.15, 0.2) is 0 Å². The molecule has 5 aromatic carbocycles. The molecule has 4 aliphatic heterocycles. The van der Waals surface area contributed by atoms with Gasteiger partial charge in [0.2, 0.25) is 0 Å². The van der Waals surface area contributed by atoms with E-state index < -0.39 is 0 Å². The summed E-state index contributed by atoms with van der Waals surface area (Å²) in [4.78, 5) is 5.00. The number of hydrogen-bond donors (Lipinski definition) is 0. The van der Waals surface area contributed by atoms with E-state index in [1.807, 2.05) is 0 Å². The zero-order valence-electron chi connectivity index (χ0n) is 20.1. The van der Waals surface area contributed by atoms with Gasteiger partial charge in [-0.2, -0.15) is 0 Å². The van der Waals surface area contributed by atoms with Crippen molar-refractivity contribution in [1.82, 2.24) is 0 Å². The molecule has 0 saturated carbocycles. The van der Waals surface area contributed by atoms with Crippen LogP contribution in [0.15, 0.2) is 103 Å². The molecule has 5 aromatic rings. The van der Waals surface area contributed by atoms with E-state index >= 15 is 0 Å². The summed E-state index contributed by atoms with van der Waals surface area (Å²) in [6.45, 7) is 0. The lowest BCUT2D eigenvalue weighted by atomic mass is 9.58. The maximum atomic E-state index is 2.63. The molecular weight excluding hydrogens is 436 g/mol. The van der Waals surface area contributed by atoms with E-state index in [1.165, 1.54) is 72.9 Å². The number of fused-ring (bicyclic) bond motifs is 6. The molecular formula is C34H24N2. The Hall–Kier alpha value is -4.30. The first-order valence-electron chi connectivity index (χ1n) is 12.9. The SMILES string of the molecule is CN1c2ccccc2C2(c3ccccc31)c1cccc3c1N1c4c(cccc4Cc4cccc2c41)C3. The Labute approximate surface area is 211 Å². The van der Waals surface area contributed by atoms with Crippen molar-refractivity contribution in [2.24, 2.45) is 0 Å². The molecule has 0 N–H and O–H groups in total. The van der Waals surface area contributed by atoms with Crippen molar-refractivity contribution < 1.29 is 0 Å². The maximum absolute atomic E-state index is 2.63. The van der Waals surface area contributed by atoms with Gasteiger partial charge >= 0.3 is 0 Å². The van der Waals surface area contributed by atoms with E-state index in [0.717, 1.165) is 12.8 Å². The van der Waals surface area contributed by atoms with Crippen molar-refractivity contribution in [3.8, 4) is 0 Å². The van der Waals surface area contributed by atoms with Gasteiger partial charge in [-0.25, -0.2) is 0 Å². The first-order valence-corrected chi connectivity index (χ1v) is 12.9. The topological polar surface area (TPSA) is 6.48 Å². The third kappa shape index (κ3) is 1.96. The van der Waals surface area contributed by atoms with Gasteiger partial charge in [-0.3, -0.25) is 0 Å². The van der Waals surface area contributed by atoms with Crippen LogP contribution in [0.2, 0.25) is 0 Å². The molecule has 170 valence electrons. The summed E-state index contributed by atoms with van der Waals surface area (Å²) in [7, 11) is 2.21. The summed E-state index contributed by atoms with van der Waals surface area (Å²) in [5.74, 6) is 0. The van der Waals surface area contributed by atoms with Crippen LogP contribution in [-0.2, 0) is 18.3 Å². The summed E-state index contributed by atoms with van der Waals surface area (Å²) < 4.78 is 0. The van der Waals surface area contributed by atoms with Gasteiger partial charge in [-0.1, -0.05) is 91.0 Å².